The van der Waals surface area contributed by atoms with Crippen LogP contribution >= 0.6 is 0 Å². The Kier molecular flexibility index (Phi) is 6.33. The summed E-state index contributed by atoms with van der Waals surface area (Å²) in [7, 11) is -3.96. The van der Waals surface area contributed by atoms with Crippen LogP contribution in [0.4, 0.5) is 5.69 Å². The maximum Gasteiger partial charge on any atom is 0.335 e. The molecular weight excluding hydrogens is 380 g/mol. The maximum absolute atomic E-state index is 13.0. The Bertz CT molecular complexity index is 925. The van der Waals surface area contributed by atoms with Crippen LogP contribution in [0.1, 0.15) is 41.7 Å². The lowest BCUT2D eigenvalue weighted by Crippen LogP contribution is -2.28. The number of carboxylic acids is 1. The summed E-state index contributed by atoms with van der Waals surface area (Å²) in [6.45, 7) is 2.90. The SMILES string of the molecule is C[C@H](NS(=O)(=O)c1cc(C(=O)O)ccc1NC[C@@H]1CCCO1)c1ccccc1. The van der Waals surface area contributed by atoms with Gasteiger partial charge < -0.3 is 15.2 Å². The number of hydrogen-bond acceptors (Lipinski definition) is 5. The molecule has 0 radical (unpaired) electrons. The molecule has 7 nitrogen and oxygen atoms in total. The van der Waals surface area contributed by atoms with Crippen LogP contribution < -0.4 is 10.0 Å². The summed E-state index contributed by atoms with van der Waals surface area (Å²) >= 11 is 0. The first kappa shape index (κ1) is 20.3. The molecule has 28 heavy (non-hydrogen) atoms. The Labute approximate surface area is 164 Å². The second-order valence-electron chi connectivity index (χ2n) is 6.79. The monoisotopic (exact) mass is 404 g/mol. The quantitative estimate of drug-likeness (QED) is 0.625. The van der Waals surface area contributed by atoms with Gasteiger partial charge in [-0.05, 0) is 43.5 Å². The van der Waals surface area contributed by atoms with Crippen molar-refractivity contribution >= 4 is 21.7 Å². The highest BCUT2D eigenvalue weighted by atomic mass is 32.2. The van der Waals surface area contributed by atoms with Crippen LogP contribution in [0.15, 0.2) is 53.4 Å². The number of rotatable bonds is 8. The number of aromatic carboxylic acids is 1. The van der Waals surface area contributed by atoms with Crippen molar-refractivity contribution in [2.24, 2.45) is 0 Å². The maximum atomic E-state index is 13.0. The van der Waals surface area contributed by atoms with E-state index in [1.807, 2.05) is 30.3 Å². The van der Waals surface area contributed by atoms with Crippen LogP contribution in [-0.2, 0) is 14.8 Å². The van der Waals surface area contributed by atoms with Crippen LogP contribution in [0.25, 0.3) is 0 Å². The summed E-state index contributed by atoms with van der Waals surface area (Å²) in [4.78, 5) is 11.3. The Morgan fingerprint density at radius 1 is 1.25 bits per heavy atom. The first-order valence-electron chi connectivity index (χ1n) is 9.17. The number of ether oxygens (including phenoxy) is 1. The largest absolute Gasteiger partial charge is 0.478 e. The molecule has 1 aliphatic rings. The predicted octanol–water partition coefficient (Wildman–Crippen LogP) is 3.02. The molecule has 8 heteroatoms. The van der Waals surface area contributed by atoms with Gasteiger partial charge in [0.1, 0.15) is 4.90 Å². The van der Waals surface area contributed by atoms with Crippen LogP contribution in [-0.4, -0.2) is 38.7 Å². The number of carbonyl (C=O) groups is 1. The molecule has 150 valence electrons. The van der Waals surface area contributed by atoms with Crippen LogP contribution in [0.2, 0.25) is 0 Å². The van der Waals surface area contributed by atoms with E-state index in [9.17, 15) is 18.3 Å². The average molecular weight is 404 g/mol. The van der Waals surface area contributed by atoms with Gasteiger partial charge in [0.2, 0.25) is 10.0 Å². The number of hydrogen-bond donors (Lipinski definition) is 3. The van der Waals surface area contributed by atoms with Crippen LogP contribution in [0, 0.1) is 0 Å². The second-order valence-corrected chi connectivity index (χ2v) is 8.47. The number of benzene rings is 2. The minimum Gasteiger partial charge on any atom is -0.478 e. The molecule has 1 aliphatic heterocycles. The molecule has 3 rings (SSSR count). The van der Waals surface area contributed by atoms with Crippen molar-refractivity contribution in [3.05, 3.63) is 59.7 Å². The molecule has 1 fully saturated rings. The zero-order chi connectivity index (χ0) is 20.1. The van der Waals surface area contributed by atoms with Crippen molar-refractivity contribution in [1.29, 1.82) is 0 Å². The number of nitrogens with one attached hydrogen (secondary N) is 2. The average Bonchev–Trinajstić information content (AvgIpc) is 3.20. The summed E-state index contributed by atoms with van der Waals surface area (Å²) in [5.41, 5.74) is 1.08. The minimum atomic E-state index is -3.96. The topological polar surface area (TPSA) is 105 Å². The first-order chi connectivity index (χ1) is 13.4. The smallest absolute Gasteiger partial charge is 0.335 e. The third kappa shape index (κ3) is 4.89. The molecule has 0 saturated carbocycles. The van der Waals surface area contributed by atoms with E-state index in [0.29, 0.717) is 18.8 Å². The molecule has 0 aliphatic carbocycles. The second kappa shape index (κ2) is 8.72. The fourth-order valence-corrected chi connectivity index (χ4v) is 4.60. The fraction of sp³-hybridized carbons (Fsp3) is 0.350. The number of carboxylic acid groups (broad SMARTS) is 1. The van der Waals surface area contributed by atoms with E-state index in [4.69, 9.17) is 4.74 Å². The standard InChI is InChI=1S/C20H24N2O5S/c1-14(15-6-3-2-4-7-15)22-28(25,26)19-12-16(20(23)24)9-10-18(19)21-13-17-8-5-11-27-17/h2-4,6-7,9-10,12,14,17,21-22H,5,8,11,13H2,1H3,(H,23,24)/t14-,17-/m0/s1. The molecule has 2 aromatic carbocycles. The van der Waals surface area contributed by atoms with E-state index >= 15 is 0 Å². The van der Waals surface area contributed by atoms with Crippen molar-refractivity contribution in [3.63, 3.8) is 0 Å². The zero-order valence-electron chi connectivity index (χ0n) is 15.6. The van der Waals surface area contributed by atoms with Crippen LogP contribution in [0.3, 0.4) is 0 Å². The van der Waals surface area contributed by atoms with E-state index in [-0.39, 0.29) is 16.6 Å². The zero-order valence-corrected chi connectivity index (χ0v) is 16.4. The molecule has 1 heterocycles. The number of sulfonamides is 1. The minimum absolute atomic E-state index is 0.0194. The molecule has 2 atom stereocenters. The Hall–Kier alpha value is -2.42. The van der Waals surface area contributed by atoms with Crippen molar-refractivity contribution < 1.29 is 23.1 Å². The molecule has 0 unspecified atom stereocenters. The summed E-state index contributed by atoms with van der Waals surface area (Å²) in [6.07, 6.45) is 1.91. The van der Waals surface area contributed by atoms with Gasteiger partial charge >= 0.3 is 5.97 Å². The lowest BCUT2D eigenvalue weighted by atomic mass is 10.1. The van der Waals surface area contributed by atoms with Gasteiger partial charge in [0, 0.05) is 19.2 Å². The lowest BCUT2D eigenvalue weighted by Gasteiger charge is -2.19. The highest BCUT2D eigenvalue weighted by molar-refractivity contribution is 7.89. The molecule has 0 amide bonds. The van der Waals surface area contributed by atoms with Gasteiger partial charge in [-0.25, -0.2) is 17.9 Å². The molecule has 2 aromatic rings. The van der Waals surface area contributed by atoms with Gasteiger partial charge in [-0.3, -0.25) is 0 Å². The van der Waals surface area contributed by atoms with Gasteiger partial charge in [-0.1, -0.05) is 30.3 Å². The van der Waals surface area contributed by atoms with E-state index in [1.54, 1.807) is 6.92 Å². The van der Waals surface area contributed by atoms with Gasteiger partial charge in [0.25, 0.3) is 0 Å². The summed E-state index contributed by atoms with van der Waals surface area (Å²) in [5, 5.41) is 12.4. The Morgan fingerprint density at radius 2 is 2.00 bits per heavy atom. The third-order valence-corrected chi connectivity index (χ3v) is 6.27. The molecular formula is C20H24N2O5S. The normalized spacial score (nSPS) is 18.0. The molecule has 3 N–H and O–H groups in total. The highest BCUT2D eigenvalue weighted by Crippen LogP contribution is 2.26. The van der Waals surface area contributed by atoms with Gasteiger partial charge in [-0.15, -0.1) is 0 Å². The van der Waals surface area contributed by atoms with Crippen molar-refractivity contribution in [3.8, 4) is 0 Å². The van der Waals surface area contributed by atoms with Gasteiger partial charge in [-0.2, -0.15) is 0 Å². The van der Waals surface area contributed by atoms with Gasteiger partial charge in [0.15, 0.2) is 0 Å². The van der Waals surface area contributed by atoms with Crippen LogP contribution in [0.5, 0.6) is 0 Å². The highest BCUT2D eigenvalue weighted by Gasteiger charge is 2.24. The molecule has 0 spiro atoms. The Balaban J connectivity index is 1.87. The van der Waals surface area contributed by atoms with E-state index in [2.05, 4.69) is 10.0 Å². The lowest BCUT2D eigenvalue weighted by molar-refractivity contribution is 0.0696. The summed E-state index contributed by atoms with van der Waals surface area (Å²) in [6, 6.07) is 12.8. The molecule has 0 aromatic heterocycles. The van der Waals surface area contributed by atoms with Crippen molar-refractivity contribution in [2.75, 3.05) is 18.5 Å². The molecule has 0 bridgehead atoms. The van der Waals surface area contributed by atoms with Gasteiger partial charge in [0.05, 0.1) is 17.4 Å². The van der Waals surface area contributed by atoms with E-state index in [1.165, 1.54) is 18.2 Å². The Morgan fingerprint density at radius 3 is 2.64 bits per heavy atom. The fourth-order valence-electron chi connectivity index (χ4n) is 3.16. The van der Waals surface area contributed by atoms with E-state index < -0.39 is 22.0 Å². The van der Waals surface area contributed by atoms with E-state index in [0.717, 1.165) is 18.4 Å². The van der Waals surface area contributed by atoms with Crippen molar-refractivity contribution in [1.82, 2.24) is 4.72 Å². The summed E-state index contributed by atoms with van der Waals surface area (Å²) < 4.78 is 34.3. The molecule has 1 saturated heterocycles. The first-order valence-corrected chi connectivity index (χ1v) is 10.7. The number of anilines is 1. The predicted molar refractivity (Wildman–Crippen MR) is 106 cm³/mol. The summed E-state index contributed by atoms with van der Waals surface area (Å²) in [5.74, 6) is -1.18. The third-order valence-electron chi connectivity index (χ3n) is 4.69. The van der Waals surface area contributed by atoms with Crippen molar-refractivity contribution in [2.45, 2.75) is 36.8 Å².